The number of hydrogen-bond donors (Lipinski definition) is 1. The van der Waals surface area contributed by atoms with Gasteiger partial charge in [-0.25, -0.2) is 0 Å². The van der Waals surface area contributed by atoms with Crippen LogP contribution in [0.5, 0.6) is 0 Å². The maximum atomic E-state index is 12.5. The monoisotopic (exact) mass is 272 g/mol. The van der Waals surface area contributed by atoms with Gasteiger partial charge in [-0.3, -0.25) is 4.79 Å². The number of amides is 1. The molecule has 2 fully saturated rings. The largest absolute Gasteiger partial charge is 0.342 e. The van der Waals surface area contributed by atoms with E-state index in [-0.39, 0.29) is 17.4 Å². The minimum absolute atomic E-state index is 0.0286. The van der Waals surface area contributed by atoms with Gasteiger partial charge in [-0.2, -0.15) is 0 Å². The number of benzene rings is 1. The third-order valence-electron chi connectivity index (χ3n) is 4.69. The lowest BCUT2D eigenvalue weighted by Gasteiger charge is -2.21. The highest BCUT2D eigenvalue weighted by molar-refractivity contribution is 5.83. The molecule has 3 rings (SSSR count). The molecule has 1 aromatic rings. The third kappa shape index (κ3) is 2.88. The number of rotatable bonds is 4. The Labute approximate surface area is 121 Å². The molecule has 20 heavy (non-hydrogen) atoms. The Morgan fingerprint density at radius 2 is 2.05 bits per heavy atom. The van der Waals surface area contributed by atoms with E-state index in [0.29, 0.717) is 0 Å². The number of carbonyl (C=O) groups is 1. The van der Waals surface area contributed by atoms with E-state index in [1.807, 2.05) is 11.8 Å². The van der Waals surface area contributed by atoms with Crippen LogP contribution in [0.1, 0.15) is 49.7 Å². The molecule has 3 nitrogen and oxygen atoms in total. The van der Waals surface area contributed by atoms with Crippen molar-refractivity contribution < 1.29 is 4.79 Å². The van der Waals surface area contributed by atoms with Crippen LogP contribution in [0.25, 0.3) is 0 Å². The standard InChI is InChI=1S/C17H24N2O/c1-13(16(20)19-9-2-3-10-19)15-6-4-5-14(11-15)12-17(18)7-8-17/h4-6,11,13H,2-3,7-10,12,18H2,1H3. The fourth-order valence-corrected chi connectivity index (χ4v) is 3.07. The van der Waals surface area contributed by atoms with Crippen molar-refractivity contribution in [2.24, 2.45) is 5.73 Å². The molecule has 0 spiro atoms. The predicted octanol–water partition coefficient (Wildman–Crippen LogP) is 2.45. The Kier molecular flexibility index (Phi) is 3.55. The van der Waals surface area contributed by atoms with Crippen LogP contribution >= 0.6 is 0 Å². The molecule has 1 aliphatic heterocycles. The summed E-state index contributed by atoms with van der Waals surface area (Å²) in [6, 6.07) is 8.43. The first-order chi connectivity index (χ1) is 9.57. The summed E-state index contributed by atoms with van der Waals surface area (Å²) >= 11 is 0. The molecule has 1 amide bonds. The van der Waals surface area contributed by atoms with Crippen LogP contribution in [0, 0.1) is 0 Å². The highest BCUT2D eigenvalue weighted by Gasteiger charge is 2.38. The summed E-state index contributed by atoms with van der Waals surface area (Å²) in [6.45, 7) is 3.87. The van der Waals surface area contributed by atoms with E-state index < -0.39 is 0 Å². The normalized spacial score (nSPS) is 21.8. The second kappa shape index (κ2) is 5.21. The minimum atomic E-state index is -0.0408. The van der Waals surface area contributed by atoms with Crippen LogP contribution < -0.4 is 5.73 Å². The van der Waals surface area contributed by atoms with E-state index in [0.717, 1.165) is 50.8 Å². The van der Waals surface area contributed by atoms with Crippen molar-refractivity contribution in [1.29, 1.82) is 0 Å². The van der Waals surface area contributed by atoms with Gasteiger partial charge in [0.2, 0.25) is 5.91 Å². The van der Waals surface area contributed by atoms with Crippen molar-refractivity contribution in [3.8, 4) is 0 Å². The molecular weight excluding hydrogens is 248 g/mol. The van der Waals surface area contributed by atoms with Crippen LogP contribution in [0.4, 0.5) is 0 Å². The van der Waals surface area contributed by atoms with Gasteiger partial charge in [0.05, 0.1) is 5.92 Å². The van der Waals surface area contributed by atoms with Gasteiger partial charge >= 0.3 is 0 Å². The summed E-state index contributed by atoms with van der Waals surface area (Å²) in [4.78, 5) is 14.5. The molecule has 1 atom stereocenters. The van der Waals surface area contributed by atoms with E-state index >= 15 is 0 Å². The van der Waals surface area contributed by atoms with Crippen LogP contribution in [-0.2, 0) is 11.2 Å². The molecule has 0 aromatic heterocycles. The van der Waals surface area contributed by atoms with Gasteiger partial charge in [-0.05, 0) is 50.2 Å². The number of nitrogens with two attached hydrogens (primary N) is 1. The Morgan fingerprint density at radius 3 is 2.70 bits per heavy atom. The average Bonchev–Trinajstić information content (AvgIpc) is 2.96. The van der Waals surface area contributed by atoms with E-state index in [1.165, 1.54) is 5.56 Å². The van der Waals surface area contributed by atoms with Crippen molar-refractivity contribution >= 4 is 5.91 Å². The molecule has 0 bridgehead atoms. The summed E-state index contributed by atoms with van der Waals surface area (Å²) in [7, 11) is 0. The van der Waals surface area contributed by atoms with Crippen molar-refractivity contribution in [3.05, 3.63) is 35.4 Å². The van der Waals surface area contributed by atoms with Gasteiger partial charge in [0.25, 0.3) is 0 Å². The molecular formula is C17H24N2O. The zero-order chi connectivity index (χ0) is 14.2. The van der Waals surface area contributed by atoms with Crippen LogP contribution in [0.2, 0.25) is 0 Å². The molecule has 1 unspecified atom stereocenters. The number of nitrogens with zero attached hydrogens (tertiary/aromatic N) is 1. The molecule has 2 aliphatic rings. The molecule has 3 heteroatoms. The number of likely N-dealkylation sites (tertiary alicyclic amines) is 1. The first kappa shape index (κ1) is 13.6. The molecule has 0 radical (unpaired) electrons. The van der Waals surface area contributed by atoms with Gasteiger partial charge in [0.15, 0.2) is 0 Å². The van der Waals surface area contributed by atoms with E-state index in [2.05, 4.69) is 24.3 Å². The quantitative estimate of drug-likeness (QED) is 0.915. The van der Waals surface area contributed by atoms with Crippen LogP contribution in [0.15, 0.2) is 24.3 Å². The number of carbonyl (C=O) groups excluding carboxylic acids is 1. The highest BCUT2D eigenvalue weighted by atomic mass is 16.2. The Morgan fingerprint density at radius 1 is 1.35 bits per heavy atom. The summed E-state index contributed by atoms with van der Waals surface area (Å²) in [5.74, 6) is 0.231. The molecule has 1 aromatic carbocycles. The van der Waals surface area contributed by atoms with Crippen molar-refractivity contribution in [2.45, 2.75) is 50.5 Å². The average molecular weight is 272 g/mol. The summed E-state index contributed by atoms with van der Waals surface area (Å²) in [5, 5.41) is 0. The molecule has 2 N–H and O–H groups in total. The molecule has 1 saturated carbocycles. The smallest absolute Gasteiger partial charge is 0.229 e. The Hall–Kier alpha value is -1.35. The molecule has 1 aliphatic carbocycles. The fourth-order valence-electron chi connectivity index (χ4n) is 3.07. The fraction of sp³-hybridized carbons (Fsp3) is 0.588. The topological polar surface area (TPSA) is 46.3 Å². The molecule has 108 valence electrons. The molecule has 1 saturated heterocycles. The van der Waals surface area contributed by atoms with Gasteiger partial charge < -0.3 is 10.6 Å². The minimum Gasteiger partial charge on any atom is -0.342 e. The van der Waals surface area contributed by atoms with E-state index in [4.69, 9.17) is 5.73 Å². The van der Waals surface area contributed by atoms with Crippen molar-refractivity contribution in [3.63, 3.8) is 0 Å². The predicted molar refractivity (Wildman–Crippen MR) is 80.5 cm³/mol. The van der Waals surface area contributed by atoms with Gasteiger partial charge in [-0.15, -0.1) is 0 Å². The van der Waals surface area contributed by atoms with Gasteiger partial charge in [-0.1, -0.05) is 24.3 Å². The second-order valence-corrected chi connectivity index (χ2v) is 6.54. The van der Waals surface area contributed by atoms with Crippen molar-refractivity contribution in [1.82, 2.24) is 4.90 Å². The van der Waals surface area contributed by atoms with Crippen LogP contribution in [0.3, 0.4) is 0 Å². The van der Waals surface area contributed by atoms with E-state index in [1.54, 1.807) is 0 Å². The summed E-state index contributed by atoms with van der Waals surface area (Å²) in [5.41, 5.74) is 8.61. The summed E-state index contributed by atoms with van der Waals surface area (Å²) < 4.78 is 0. The second-order valence-electron chi connectivity index (χ2n) is 6.54. The first-order valence-corrected chi connectivity index (χ1v) is 7.74. The SMILES string of the molecule is CC(C(=O)N1CCCC1)c1cccc(CC2(N)CC2)c1. The zero-order valence-corrected chi connectivity index (χ0v) is 12.3. The van der Waals surface area contributed by atoms with E-state index in [9.17, 15) is 4.79 Å². The summed E-state index contributed by atoms with van der Waals surface area (Å²) in [6.07, 6.45) is 5.48. The molecule has 1 heterocycles. The lowest BCUT2D eigenvalue weighted by atomic mass is 9.95. The third-order valence-corrected chi connectivity index (χ3v) is 4.69. The number of hydrogen-bond acceptors (Lipinski definition) is 2. The Balaban J connectivity index is 1.71. The maximum absolute atomic E-state index is 12.5. The van der Waals surface area contributed by atoms with Crippen LogP contribution in [-0.4, -0.2) is 29.4 Å². The Bertz CT molecular complexity index is 501. The lowest BCUT2D eigenvalue weighted by molar-refractivity contribution is -0.131. The van der Waals surface area contributed by atoms with Gasteiger partial charge in [0, 0.05) is 18.6 Å². The first-order valence-electron chi connectivity index (χ1n) is 7.74. The highest BCUT2D eigenvalue weighted by Crippen LogP contribution is 2.36. The van der Waals surface area contributed by atoms with Crippen molar-refractivity contribution in [2.75, 3.05) is 13.1 Å². The maximum Gasteiger partial charge on any atom is 0.229 e. The van der Waals surface area contributed by atoms with Gasteiger partial charge in [0.1, 0.15) is 0 Å². The lowest BCUT2D eigenvalue weighted by Crippen LogP contribution is -2.31. The zero-order valence-electron chi connectivity index (χ0n) is 12.3.